The van der Waals surface area contributed by atoms with Crippen molar-refractivity contribution in [3.63, 3.8) is 0 Å². The Balaban J connectivity index is 1.26. The highest BCUT2D eigenvalue weighted by molar-refractivity contribution is 5.86. The number of carbonyl (C=O) groups excluding carboxylic acids is 2. The smallest absolute Gasteiger partial charge is 0.410 e. The summed E-state index contributed by atoms with van der Waals surface area (Å²) in [4.78, 5) is 33.6. The van der Waals surface area contributed by atoms with Crippen molar-refractivity contribution < 1.29 is 14.3 Å². The van der Waals surface area contributed by atoms with Gasteiger partial charge in [-0.25, -0.2) is 9.78 Å². The standard InChI is InChI=1S/C33H36N6O3/c1-22-26(19-23-11-15-38(16-12-23)33(41)42-21-24-7-3-2-4-8-24)27(20-34)31-36-28-9-5-6-10-29(28)39(31)32(22)37-17-13-25(14-18-37)30(35)40/h2-10,23,25H,11-19,21H2,1H3,(H2,35,40). The van der Waals surface area contributed by atoms with Crippen molar-refractivity contribution in [1.82, 2.24) is 14.3 Å². The van der Waals surface area contributed by atoms with Crippen LogP contribution < -0.4 is 10.6 Å². The lowest BCUT2D eigenvalue weighted by Crippen LogP contribution is -2.40. The van der Waals surface area contributed by atoms with E-state index in [2.05, 4.69) is 22.3 Å². The fourth-order valence-corrected chi connectivity index (χ4v) is 6.58. The predicted octanol–water partition coefficient (Wildman–Crippen LogP) is 4.96. The van der Waals surface area contributed by atoms with Crippen molar-refractivity contribution in [2.75, 3.05) is 31.1 Å². The number of piperidine rings is 2. The quantitative estimate of drug-likeness (QED) is 0.354. The monoisotopic (exact) mass is 564 g/mol. The second-order valence-electron chi connectivity index (χ2n) is 11.5. The molecule has 0 saturated carbocycles. The lowest BCUT2D eigenvalue weighted by molar-refractivity contribution is -0.122. The lowest BCUT2D eigenvalue weighted by atomic mass is 9.86. The molecule has 0 aliphatic carbocycles. The molecule has 2 saturated heterocycles. The molecule has 0 unspecified atom stereocenters. The Kier molecular flexibility index (Phi) is 7.70. The fraction of sp³-hybridized carbons (Fsp3) is 0.394. The number of nitrogens with two attached hydrogens (primary N) is 1. The van der Waals surface area contributed by atoms with E-state index in [0.717, 1.165) is 52.8 Å². The van der Waals surface area contributed by atoms with Gasteiger partial charge in [0.15, 0.2) is 5.65 Å². The maximum absolute atomic E-state index is 12.7. The number of benzene rings is 2. The number of nitrogens with zero attached hydrogens (tertiary/aromatic N) is 5. The number of para-hydroxylation sites is 2. The Bertz CT molecular complexity index is 1660. The minimum Gasteiger partial charge on any atom is -0.445 e. The summed E-state index contributed by atoms with van der Waals surface area (Å²) in [5.74, 6) is 1.02. The molecular weight excluding hydrogens is 528 g/mol. The van der Waals surface area contributed by atoms with Crippen molar-refractivity contribution >= 4 is 34.5 Å². The average Bonchev–Trinajstić information content (AvgIpc) is 3.40. The van der Waals surface area contributed by atoms with Gasteiger partial charge in [-0.3, -0.25) is 9.20 Å². The summed E-state index contributed by atoms with van der Waals surface area (Å²) in [6, 6.07) is 20.2. The van der Waals surface area contributed by atoms with E-state index in [1.807, 2.05) is 54.6 Å². The number of rotatable bonds is 6. The lowest BCUT2D eigenvalue weighted by Gasteiger charge is -2.35. The van der Waals surface area contributed by atoms with E-state index >= 15 is 0 Å². The van der Waals surface area contributed by atoms with E-state index in [1.54, 1.807) is 4.90 Å². The Morgan fingerprint density at radius 1 is 1.00 bits per heavy atom. The molecule has 2 fully saturated rings. The number of anilines is 1. The molecule has 4 heterocycles. The van der Waals surface area contributed by atoms with Gasteiger partial charge in [0, 0.05) is 32.1 Å². The largest absolute Gasteiger partial charge is 0.445 e. The Hall–Kier alpha value is -4.58. The number of pyridine rings is 1. The molecule has 2 aromatic carbocycles. The molecule has 0 spiro atoms. The van der Waals surface area contributed by atoms with Crippen LogP contribution in [0.2, 0.25) is 0 Å². The fourth-order valence-electron chi connectivity index (χ4n) is 6.58. The van der Waals surface area contributed by atoms with Gasteiger partial charge in [0.25, 0.3) is 0 Å². The third-order valence-corrected chi connectivity index (χ3v) is 8.97. The number of aromatic nitrogens is 2. The first-order valence-corrected chi connectivity index (χ1v) is 14.8. The van der Waals surface area contributed by atoms with Gasteiger partial charge in [-0.1, -0.05) is 42.5 Å². The Morgan fingerprint density at radius 3 is 2.38 bits per heavy atom. The van der Waals surface area contributed by atoms with Gasteiger partial charge in [0.1, 0.15) is 18.5 Å². The zero-order valence-electron chi connectivity index (χ0n) is 24.0. The van der Waals surface area contributed by atoms with Crippen LogP contribution in [0.1, 0.15) is 47.9 Å². The van der Waals surface area contributed by atoms with Gasteiger partial charge in [0.2, 0.25) is 5.91 Å². The minimum atomic E-state index is -0.279. The molecule has 2 amide bonds. The zero-order valence-corrected chi connectivity index (χ0v) is 24.0. The van der Waals surface area contributed by atoms with Crippen molar-refractivity contribution in [3.8, 4) is 6.07 Å². The van der Waals surface area contributed by atoms with E-state index in [-0.39, 0.29) is 24.5 Å². The summed E-state index contributed by atoms with van der Waals surface area (Å²) in [5.41, 5.74) is 11.8. The molecule has 2 aliphatic rings. The van der Waals surface area contributed by atoms with Gasteiger partial charge in [-0.2, -0.15) is 5.26 Å². The highest BCUT2D eigenvalue weighted by atomic mass is 16.6. The van der Waals surface area contributed by atoms with E-state index in [0.29, 0.717) is 56.1 Å². The van der Waals surface area contributed by atoms with E-state index in [4.69, 9.17) is 15.5 Å². The summed E-state index contributed by atoms with van der Waals surface area (Å²) in [6.45, 7) is 5.05. The van der Waals surface area contributed by atoms with Crippen LogP contribution >= 0.6 is 0 Å². The third kappa shape index (κ3) is 5.25. The third-order valence-electron chi connectivity index (χ3n) is 8.97. The number of hydrogen-bond acceptors (Lipinski definition) is 6. The minimum absolute atomic E-state index is 0.112. The van der Waals surface area contributed by atoms with Crippen LogP contribution in [0, 0.1) is 30.1 Å². The van der Waals surface area contributed by atoms with E-state index in [1.165, 1.54) is 0 Å². The zero-order chi connectivity index (χ0) is 29.2. The van der Waals surface area contributed by atoms with Crippen LogP contribution in [-0.4, -0.2) is 52.5 Å². The predicted molar refractivity (Wildman–Crippen MR) is 161 cm³/mol. The molecule has 9 heteroatoms. The normalized spacial score (nSPS) is 16.6. The van der Waals surface area contributed by atoms with Crippen molar-refractivity contribution in [1.29, 1.82) is 5.26 Å². The number of carbonyl (C=O) groups is 2. The number of ether oxygens (including phenoxy) is 1. The molecular formula is C33H36N6O3. The number of amides is 2. The van der Waals surface area contributed by atoms with Crippen LogP contribution in [0.25, 0.3) is 16.7 Å². The topological polar surface area (TPSA) is 117 Å². The van der Waals surface area contributed by atoms with Gasteiger partial charge < -0.3 is 20.3 Å². The van der Waals surface area contributed by atoms with Crippen LogP contribution in [0.3, 0.4) is 0 Å². The summed E-state index contributed by atoms with van der Waals surface area (Å²) >= 11 is 0. The van der Waals surface area contributed by atoms with Crippen LogP contribution in [0.5, 0.6) is 0 Å². The van der Waals surface area contributed by atoms with Gasteiger partial charge in [-0.05, 0) is 73.8 Å². The SMILES string of the molecule is Cc1c(CC2CCN(C(=O)OCc3ccccc3)CC2)c(C#N)c2nc3ccccc3n2c1N1CCC(C(N)=O)CC1. The first kappa shape index (κ1) is 27.6. The second-order valence-corrected chi connectivity index (χ2v) is 11.5. The summed E-state index contributed by atoms with van der Waals surface area (Å²) in [6.07, 6.45) is 3.55. The van der Waals surface area contributed by atoms with Crippen molar-refractivity contribution in [3.05, 3.63) is 76.9 Å². The number of likely N-dealkylation sites (tertiary alicyclic amines) is 1. The Morgan fingerprint density at radius 2 is 1.69 bits per heavy atom. The number of nitriles is 1. The molecule has 42 heavy (non-hydrogen) atoms. The number of hydrogen-bond donors (Lipinski definition) is 1. The Labute approximate surface area is 245 Å². The maximum atomic E-state index is 12.7. The highest BCUT2D eigenvalue weighted by Crippen LogP contribution is 2.37. The molecule has 0 radical (unpaired) electrons. The number of imidazole rings is 1. The average molecular weight is 565 g/mol. The van der Waals surface area contributed by atoms with Crippen LogP contribution in [-0.2, 0) is 22.6 Å². The first-order chi connectivity index (χ1) is 20.4. The molecule has 9 nitrogen and oxygen atoms in total. The summed E-state index contributed by atoms with van der Waals surface area (Å²) < 4.78 is 7.69. The molecule has 2 aromatic heterocycles. The molecule has 6 rings (SSSR count). The molecule has 4 aromatic rings. The van der Waals surface area contributed by atoms with E-state index in [9.17, 15) is 14.9 Å². The van der Waals surface area contributed by atoms with Crippen molar-refractivity contribution in [2.24, 2.45) is 17.6 Å². The number of fused-ring (bicyclic) bond motifs is 3. The second kappa shape index (κ2) is 11.7. The first-order valence-electron chi connectivity index (χ1n) is 14.8. The van der Waals surface area contributed by atoms with Crippen LogP contribution in [0.15, 0.2) is 54.6 Å². The highest BCUT2D eigenvalue weighted by Gasteiger charge is 2.31. The summed E-state index contributed by atoms with van der Waals surface area (Å²) in [7, 11) is 0. The number of primary amides is 1. The molecule has 0 bridgehead atoms. The molecule has 2 aliphatic heterocycles. The van der Waals surface area contributed by atoms with Crippen molar-refractivity contribution in [2.45, 2.75) is 45.6 Å². The van der Waals surface area contributed by atoms with Gasteiger partial charge in [-0.15, -0.1) is 0 Å². The molecule has 2 N–H and O–H groups in total. The summed E-state index contributed by atoms with van der Waals surface area (Å²) in [5, 5.41) is 10.4. The molecule has 216 valence electrons. The molecule has 0 atom stereocenters. The van der Waals surface area contributed by atoms with E-state index < -0.39 is 0 Å². The van der Waals surface area contributed by atoms with Gasteiger partial charge in [0.05, 0.1) is 16.6 Å². The van der Waals surface area contributed by atoms with Gasteiger partial charge >= 0.3 is 6.09 Å². The maximum Gasteiger partial charge on any atom is 0.410 e. The van der Waals surface area contributed by atoms with Crippen LogP contribution in [0.4, 0.5) is 10.6 Å².